The largest absolute Gasteiger partial charge is 0.478 e. The molecule has 3 aromatic heterocycles. The summed E-state index contributed by atoms with van der Waals surface area (Å²) in [5, 5.41) is 9.51. The number of aromatic nitrogens is 5. The summed E-state index contributed by atoms with van der Waals surface area (Å²) in [5.74, 6) is 0.302. The van der Waals surface area contributed by atoms with Gasteiger partial charge in [0.05, 0.1) is 35.9 Å². The summed E-state index contributed by atoms with van der Waals surface area (Å²) >= 11 is 0. The van der Waals surface area contributed by atoms with E-state index in [1.165, 1.54) is 12.3 Å². The van der Waals surface area contributed by atoms with Crippen LogP contribution >= 0.6 is 0 Å². The number of ether oxygens (including phenoxy) is 1. The molecular formula is C30H26FN7O4. The SMILES string of the molecule is [C-]#[N+]c1ccc(COc2nccnc2C2CCN(Cc3nc4ccc(C(=O)O)cc4n3Cc3ncco3)CC2)c(F)c1. The van der Waals surface area contributed by atoms with Gasteiger partial charge in [-0.05, 0) is 50.2 Å². The summed E-state index contributed by atoms with van der Waals surface area (Å²) in [4.78, 5) is 35.1. The molecule has 0 bridgehead atoms. The van der Waals surface area contributed by atoms with Crippen LogP contribution in [0.25, 0.3) is 15.9 Å². The molecule has 5 aromatic rings. The number of oxazole rings is 1. The molecule has 0 radical (unpaired) electrons. The minimum absolute atomic E-state index is 0.0149. The van der Waals surface area contributed by atoms with Crippen LogP contribution in [0.2, 0.25) is 0 Å². The quantitative estimate of drug-likeness (QED) is 0.239. The minimum atomic E-state index is -1.00. The third kappa shape index (κ3) is 5.68. The summed E-state index contributed by atoms with van der Waals surface area (Å²) < 4.78 is 27.7. The van der Waals surface area contributed by atoms with Crippen molar-refractivity contribution in [1.29, 1.82) is 0 Å². The van der Waals surface area contributed by atoms with E-state index in [0.29, 0.717) is 41.5 Å². The number of nitrogens with zero attached hydrogens (tertiary/aromatic N) is 7. The van der Waals surface area contributed by atoms with E-state index in [1.807, 2.05) is 4.57 Å². The van der Waals surface area contributed by atoms with Gasteiger partial charge in [0.1, 0.15) is 36.8 Å². The van der Waals surface area contributed by atoms with Gasteiger partial charge in [0, 0.05) is 23.9 Å². The number of fused-ring (bicyclic) bond motifs is 1. The fourth-order valence-corrected chi connectivity index (χ4v) is 5.23. The molecule has 0 saturated carbocycles. The lowest BCUT2D eigenvalue weighted by Crippen LogP contribution is -2.33. The molecule has 2 aromatic carbocycles. The fourth-order valence-electron chi connectivity index (χ4n) is 5.23. The second-order valence-corrected chi connectivity index (χ2v) is 10.0. The summed E-state index contributed by atoms with van der Waals surface area (Å²) in [6.07, 6.45) is 7.90. The fraction of sp³-hybridized carbons (Fsp3) is 0.267. The molecule has 1 saturated heterocycles. The smallest absolute Gasteiger partial charge is 0.335 e. The Bertz CT molecular complexity index is 1770. The lowest BCUT2D eigenvalue weighted by molar-refractivity contribution is 0.0697. The topological polar surface area (TPSA) is 124 Å². The molecule has 0 aliphatic carbocycles. The molecule has 0 spiro atoms. The summed E-state index contributed by atoms with van der Waals surface area (Å²) in [6, 6.07) is 9.22. The summed E-state index contributed by atoms with van der Waals surface area (Å²) in [5.41, 5.74) is 2.93. The monoisotopic (exact) mass is 567 g/mol. The van der Waals surface area contributed by atoms with Crippen molar-refractivity contribution >= 4 is 22.7 Å². The Morgan fingerprint density at radius 3 is 2.67 bits per heavy atom. The number of imidazole rings is 1. The maximum atomic E-state index is 14.4. The highest BCUT2D eigenvalue weighted by Gasteiger charge is 2.27. The van der Waals surface area contributed by atoms with E-state index in [1.54, 1.807) is 48.9 Å². The third-order valence-corrected chi connectivity index (χ3v) is 7.41. The summed E-state index contributed by atoms with van der Waals surface area (Å²) in [6.45, 7) is 9.47. The van der Waals surface area contributed by atoms with Crippen molar-refractivity contribution in [2.24, 2.45) is 0 Å². The van der Waals surface area contributed by atoms with Gasteiger partial charge in [-0.25, -0.2) is 29.0 Å². The van der Waals surface area contributed by atoms with Gasteiger partial charge in [0.15, 0.2) is 5.69 Å². The molecule has 1 fully saturated rings. The van der Waals surface area contributed by atoms with Gasteiger partial charge in [-0.2, -0.15) is 0 Å². The number of carbonyl (C=O) groups is 1. The van der Waals surface area contributed by atoms with Gasteiger partial charge < -0.3 is 18.8 Å². The van der Waals surface area contributed by atoms with Crippen molar-refractivity contribution in [3.8, 4) is 5.88 Å². The molecule has 4 heterocycles. The van der Waals surface area contributed by atoms with Crippen molar-refractivity contribution in [3.63, 3.8) is 0 Å². The Hall–Kier alpha value is -5.15. The molecule has 6 rings (SSSR count). The Kier molecular flexibility index (Phi) is 7.57. The number of hydrogen-bond donors (Lipinski definition) is 1. The number of carboxylic acids is 1. The van der Waals surface area contributed by atoms with E-state index in [0.717, 1.165) is 37.4 Å². The average Bonchev–Trinajstić information content (AvgIpc) is 3.65. The van der Waals surface area contributed by atoms with Crippen LogP contribution in [-0.2, 0) is 19.7 Å². The molecule has 12 heteroatoms. The lowest BCUT2D eigenvalue weighted by Gasteiger charge is -2.31. The second-order valence-electron chi connectivity index (χ2n) is 10.0. The van der Waals surface area contributed by atoms with Gasteiger partial charge in [-0.1, -0.05) is 12.1 Å². The Morgan fingerprint density at radius 1 is 1.10 bits per heavy atom. The number of carboxylic acid groups (broad SMARTS) is 1. The van der Waals surface area contributed by atoms with Crippen molar-refractivity contribution in [2.75, 3.05) is 13.1 Å². The molecule has 0 amide bonds. The Labute approximate surface area is 240 Å². The molecule has 0 atom stereocenters. The van der Waals surface area contributed by atoms with Crippen LogP contribution < -0.4 is 4.74 Å². The van der Waals surface area contributed by atoms with E-state index in [4.69, 9.17) is 20.7 Å². The van der Waals surface area contributed by atoms with Crippen LogP contribution in [-0.4, -0.2) is 53.6 Å². The van der Waals surface area contributed by atoms with Gasteiger partial charge in [-0.3, -0.25) is 9.88 Å². The van der Waals surface area contributed by atoms with Gasteiger partial charge in [0.2, 0.25) is 11.8 Å². The van der Waals surface area contributed by atoms with Crippen LogP contribution in [0, 0.1) is 12.4 Å². The Morgan fingerprint density at radius 2 is 1.93 bits per heavy atom. The van der Waals surface area contributed by atoms with Crippen LogP contribution in [0.5, 0.6) is 5.88 Å². The first kappa shape index (κ1) is 27.0. The average molecular weight is 568 g/mol. The lowest BCUT2D eigenvalue weighted by atomic mass is 9.93. The number of hydrogen-bond acceptors (Lipinski definition) is 8. The zero-order valence-corrected chi connectivity index (χ0v) is 22.5. The molecule has 0 unspecified atom stereocenters. The highest BCUT2D eigenvalue weighted by atomic mass is 19.1. The van der Waals surface area contributed by atoms with Gasteiger partial charge in [0.25, 0.3) is 0 Å². The third-order valence-electron chi connectivity index (χ3n) is 7.41. The molecule has 1 aliphatic rings. The van der Waals surface area contributed by atoms with E-state index in [9.17, 15) is 14.3 Å². The normalized spacial score (nSPS) is 14.2. The number of rotatable bonds is 9. The standard InChI is InChI=1S/C30H26FN7O4/c1-32-22-4-2-21(23(31)15-22)18-42-29-28(34-8-9-35-29)19-6-11-37(12-7-19)16-26-36-24-5-3-20(30(39)40)14-25(24)38(26)17-27-33-10-13-41-27/h2-5,8-10,13-15,19H,6-7,11-12,16-18H2,(H,39,40). The van der Waals surface area contributed by atoms with Gasteiger partial charge >= 0.3 is 5.97 Å². The van der Waals surface area contributed by atoms with Crippen molar-refractivity contribution in [2.45, 2.75) is 38.5 Å². The predicted octanol–water partition coefficient (Wildman–Crippen LogP) is 5.21. The molecular weight excluding hydrogens is 541 g/mol. The van der Waals surface area contributed by atoms with E-state index >= 15 is 0 Å². The first-order valence-corrected chi connectivity index (χ1v) is 13.4. The van der Waals surface area contributed by atoms with Crippen molar-refractivity contribution in [1.82, 2.24) is 29.4 Å². The van der Waals surface area contributed by atoms with Crippen LogP contribution in [0.3, 0.4) is 0 Å². The van der Waals surface area contributed by atoms with Crippen LogP contribution in [0.15, 0.2) is 65.7 Å². The maximum Gasteiger partial charge on any atom is 0.335 e. The molecule has 1 N–H and O–H groups in total. The summed E-state index contributed by atoms with van der Waals surface area (Å²) in [7, 11) is 0. The van der Waals surface area contributed by atoms with E-state index in [2.05, 4.69) is 24.7 Å². The van der Waals surface area contributed by atoms with Gasteiger partial charge in [-0.15, -0.1) is 0 Å². The number of halogens is 1. The minimum Gasteiger partial charge on any atom is -0.478 e. The van der Waals surface area contributed by atoms with Crippen molar-refractivity contribution < 1.29 is 23.4 Å². The highest BCUT2D eigenvalue weighted by molar-refractivity contribution is 5.92. The van der Waals surface area contributed by atoms with Crippen molar-refractivity contribution in [3.05, 3.63) is 107 Å². The van der Waals surface area contributed by atoms with Crippen LogP contribution in [0.1, 0.15) is 52.1 Å². The first-order chi connectivity index (χ1) is 20.5. The Balaban J connectivity index is 1.15. The number of piperidine rings is 1. The molecule has 11 nitrogen and oxygen atoms in total. The molecule has 212 valence electrons. The molecule has 1 aliphatic heterocycles. The molecule has 42 heavy (non-hydrogen) atoms. The zero-order chi connectivity index (χ0) is 29.1. The van der Waals surface area contributed by atoms with Crippen LogP contribution in [0.4, 0.5) is 10.1 Å². The zero-order valence-electron chi connectivity index (χ0n) is 22.5. The highest BCUT2D eigenvalue weighted by Crippen LogP contribution is 2.33. The second kappa shape index (κ2) is 11.8. The number of aromatic carboxylic acids is 1. The van der Waals surface area contributed by atoms with E-state index in [-0.39, 0.29) is 23.8 Å². The van der Waals surface area contributed by atoms with E-state index < -0.39 is 11.8 Å². The number of likely N-dealkylation sites (tertiary alicyclic amines) is 1. The first-order valence-electron chi connectivity index (χ1n) is 13.4. The number of benzene rings is 2. The maximum absolute atomic E-state index is 14.4. The predicted molar refractivity (Wildman–Crippen MR) is 149 cm³/mol.